The fraction of sp³-hybridized carbons (Fsp3) is 0.0435. The van der Waals surface area contributed by atoms with Gasteiger partial charge in [-0.3, -0.25) is 0 Å². The molecule has 0 saturated heterocycles. The van der Waals surface area contributed by atoms with Crippen LogP contribution in [0.1, 0.15) is 22.3 Å². The topological polar surface area (TPSA) is 57.4 Å². The first-order valence-corrected chi connectivity index (χ1v) is 17.6. The van der Waals surface area contributed by atoms with E-state index in [1.807, 2.05) is 4.57 Å². The molecule has 0 aliphatic heterocycles. The van der Waals surface area contributed by atoms with Crippen LogP contribution in [0.3, 0.4) is 0 Å². The van der Waals surface area contributed by atoms with Gasteiger partial charge in [-0.1, -0.05) is 24.3 Å². The van der Waals surface area contributed by atoms with Crippen molar-refractivity contribution >= 4 is 43.6 Å². The first kappa shape index (κ1) is 36.2. The van der Waals surface area contributed by atoms with Crippen LogP contribution in [0.2, 0.25) is 0 Å². The Morgan fingerprint density at radius 2 is 0.828 bits per heavy atom. The number of nitrogens with zero attached hydrogens (tertiary/aromatic N) is 4. The van der Waals surface area contributed by atoms with Crippen LogP contribution in [0.15, 0.2) is 133 Å². The number of aromatic nitrogens is 2. The largest absolute Gasteiger partial charge is 0.416 e. The third-order valence-electron chi connectivity index (χ3n) is 10.3. The van der Waals surface area contributed by atoms with Crippen molar-refractivity contribution in [3.8, 4) is 45.8 Å². The first-order valence-electron chi connectivity index (χ1n) is 17.6. The van der Waals surface area contributed by atoms with Crippen LogP contribution in [-0.4, -0.2) is 9.13 Å². The van der Waals surface area contributed by atoms with Crippen molar-refractivity contribution in [2.45, 2.75) is 12.4 Å². The molecule has 0 N–H and O–H groups in total. The van der Waals surface area contributed by atoms with E-state index in [0.717, 1.165) is 24.3 Å². The number of hydrogen-bond acceptors (Lipinski definition) is 2. The summed E-state index contributed by atoms with van der Waals surface area (Å²) in [4.78, 5) is 0. The Balaban J connectivity index is 1.49. The molecule has 0 spiro atoms. The molecule has 282 valence electrons. The Morgan fingerprint density at radius 3 is 1.24 bits per heavy atom. The number of nitriles is 2. The smallest absolute Gasteiger partial charge is 0.309 e. The van der Waals surface area contributed by atoms with Gasteiger partial charge in [-0.25, -0.2) is 8.78 Å². The minimum Gasteiger partial charge on any atom is -0.309 e. The van der Waals surface area contributed by atoms with Crippen LogP contribution in [0, 0.1) is 34.3 Å². The molecule has 9 rings (SSSR count). The molecular formula is C46H22F8N4. The molecule has 9 aromatic rings. The molecular weight excluding hydrogens is 761 g/mol. The number of halogens is 8. The van der Waals surface area contributed by atoms with E-state index in [1.54, 1.807) is 77.4 Å². The monoisotopic (exact) mass is 782 g/mol. The van der Waals surface area contributed by atoms with E-state index < -0.39 is 35.1 Å². The molecule has 0 unspecified atom stereocenters. The molecule has 58 heavy (non-hydrogen) atoms. The molecule has 4 nitrogen and oxygen atoms in total. The van der Waals surface area contributed by atoms with E-state index in [0.29, 0.717) is 55.4 Å². The summed E-state index contributed by atoms with van der Waals surface area (Å²) in [7, 11) is 0. The Labute approximate surface area is 323 Å². The summed E-state index contributed by atoms with van der Waals surface area (Å²) in [5, 5.41) is 20.6. The fourth-order valence-electron chi connectivity index (χ4n) is 7.80. The van der Waals surface area contributed by atoms with Crippen molar-refractivity contribution in [3.63, 3.8) is 0 Å². The maximum atomic E-state index is 14.9. The van der Waals surface area contributed by atoms with E-state index in [9.17, 15) is 45.6 Å². The van der Waals surface area contributed by atoms with E-state index in [2.05, 4.69) is 12.1 Å². The summed E-state index contributed by atoms with van der Waals surface area (Å²) >= 11 is 0. The van der Waals surface area contributed by atoms with Crippen LogP contribution in [0.5, 0.6) is 0 Å². The first-order chi connectivity index (χ1) is 27.7. The molecule has 0 amide bonds. The highest BCUT2D eigenvalue weighted by molar-refractivity contribution is 6.12. The molecule has 0 aliphatic carbocycles. The molecule has 0 bridgehead atoms. The fourth-order valence-corrected chi connectivity index (χ4v) is 7.80. The Hall–Kier alpha value is -7.44. The van der Waals surface area contributed by atoms with Crippen LogP contribution < -0.4 is 0 Å². The standard InChI is InChI=1S/C46H22F8N4/c47-31-9-13-42-38(19-31)39-20-32(48)10-14-43(39)58(42)44-34(27-5-1-3-25(15-27)23-55)21-33(22-35(44)28-6-2-4-26(16-28)24-56)57-40-11-7-29(45(49,50)51)17-36(40)37-18-30(46(52,53)54)8-12-41(37)57/h1-22H. The predicted octanol–water partition coefficient (Wildman–Crippen LogP) is 13.3. The highest BCUT2D eigenvalue weighted by Gasteiger charge is 2.34. The lowest BCUT2D eigenvalue weighted by Crippen LogP contribution is -2.05. The van der Waals surface area contributed by atoms with E-state index in [4.69, 9.17) is 0 Å². The molecule has 7 aromatic carbocycles. The van der Waals surface area contributed by atoms with Gasteiger partial charge in [0.2, 0.25) is 0 Å². The number of rotatable bonds is 4. The third kappa shape index (κ3) is 5.89. The van der Waals surface area contributed by atoms with Crippen molar-refractivity contribution in [3.05, 3.63) is 167 Å². The molecule has 0 aliphatic rings. The number of benzene rings is 7. The second-order valence-corrected chi connectivity index (χ2v) is 13.7. The van der Waals surface area contributed by atoms with Crippen molar-refractivity contribution in [1.29, 1.82) is 10.5 Å². The summed E-state index contributed by atoms with van der Waals surface area (Å²) in [6.45, 7) is 0. The number of hydrogen-bond donors (Lipinski definition) is 0. The van der Waals surface area contributed by atoms with E-state index >= 15 is 0 Å². The molecule has 0 radical (unpaired) electrons. The van der Waals surface area contributed by atoms with Gasteiger partial charge in [0, 0.05) is 38.4 Å². The molecule has 2 aromatic heterocycles. The van der Waals surface area contributed by atoms with Gasteiger partial charge in [0.15, 0.2) is 0 Å². The summed E-state index contributed by atoms with van der Waals surface area (Å²) in [6.07, 6.45) is -9.59. The lowest BCUT2D eigenvalue weighted by molar-refractivity contribution is -0.138. The highest BCUT2D eigenvalue weighted by Crippen LogP contribution is 2.46. The van der Waals surface area contributed by atoms with Crippen molar-refractivity contribution in [2.75, 3.05) is 0 Å². The SMILES string of the molecule is N#Cc1cccc(-c2cc(-n3c4ccc(C(F)(F)F)cc4c4cc(C(F)(F)F)ccc43)cc(-c3cccc(C#N)c3)c2-n2c3ccc(F)cc3c3cc(F)ccc32)c1. The van der Waals surface area contributed by atoms with Crippen LogP contribution >= 0.6 is 0 Å². The molecule has 0 fully saturated rings. The van der Waals surface area contributed by atoms with Crippen molar-refractivity contribution in [1.82, 2.24) is 9.13 Å². The lowest BCUT2D eigenvalue weighted by Gasteiger charge is -2.22. The second-order valence-electron chi connectivity index (χ2n) is 13.7. The van der Waals surface area contributed by atoms with Gasteiger partial charge in [-0.2, -0.15) is 36.9 Å². The van der Waals surface area contributed by atoms with Gasteiger partial charge in [0.05, 0.1) is 62.1 Å². The van der Waals surface area contributed by atoms with Gasteiger partial charge in [-0.05, 0) is 120 Å². The van der Waals surface area contributed by atoms with Crippen LogP contribution in [-0.2, 0) is 12.4 Å². The van der Waals surface area contributed by atoms with Crippen LogP contribution in [0.4, 0.5) is 35.1 Å². The third-order valence-corrected chi connectivity index (χ3v) is 10.3. The lowest BCUT2D eigenvalue weighted by atomic mass is 9.93. The zero-order valence-electron chi connectivity index (χ0n) is 29.5. The Kier molecular flexibility index (Phi) is 8.16. The average molecular weight is 783 g/mol. The maximum absolute atomic E-state index is 14.9. The molecule has 0 atom stereocenters. The van der Waals surface area contributed by atoms with Gasteiger partial charge in [0.1, 0.15) is 11.6 Å². The summed E-state index contributed by atoms with van der Waals surface area (Å²) < 4.78 is 118. The highest BCUT2D eigenvalue weighted by atomic mass is 19.4. The van der Waals surface area contributed by atoms with Gasteiger partial charge >= 0.3 is 12.4 Å². The van der Waals surface area contributed by atoms with Gasteiger partial charge < -0.3 is 9.13 Å². The minimum absolute atomic E-state index is 0.0764. The Bertz CT molecular complexity index is 3050. The van der Waals surface area contributed by atoms with E-state index in [-0.39, 0.29) is 32.9 Å². The normalized spacial score (nSPS) is 12.1. The zero-order chi connectivity index (χ0) is 40.7. The molecule has 12 heteroatoms. The number of alkyl halides is 6. The van der Waals surface area contributed by atoms with Crippen LogP contribution in [0.25, 0.3) is 77.2 Å². The number of fused-ring (bicyclic) bond motifs is 6. The minimum atomic E-state index is -4.79. The average Bonchev–Trinajstić information content (AvgIpc) is 3.70. The second kappa shape index (κ2) is 13.1. The van der Waals surface area contributed by atoms with Crippen molar-refractivity contribution in [2.24, 2.45) is 0 Å². The predicted molar refractivity (Wildman–Crippen MR) is 205 cm³/mol. The van der Waals surface area contributed by atoms with E-state index in [1.165, 1.54) is 36.4 Å². The molecule has 2 heterocycles. The van der Waals surface area contributed by atoms with Gasteiger partial charge in [0.25, 0.3) is 0 Å². The summed E-state index contributed by atoms with van der Waals surface area (Å²) in [5.41, 5.74) is 2.39. The van der Waals surface area contributed by atoms with Gasteiger partial charge in [-0.15, -0.1) is 0 Å². The maximum Gasteiger partial charge on any atom is 0.416 e. The molecule has 0 saturated carbocycles. The Morgan fingerprint density at radius 1 is 0.431 bits per heavy atom. The summed E-state index contributed by atoms with van der Waals surface area (Å²) in [5.74, 6) is -1.13. The quantitative estimate of drug-likeness (QED) is 0.167. The summed E-state index contributed by atoms with van der Waals surface area (Å²) in [6, 6.07) is 34.9. The van der Waals surface area contributed by atoms with Crippen molar-refractivity contribution < 1.29 is 35.1 Å². The zero-order valence-corrected chi connectivity index (χ0v) is 29.5.